The first-order chi connectivity index (χ1) is 18.1. The average molecular weight is 498 g/mol. The first kappa shape index (κ1) is 22.8. The maximum absolute atomic E-state index is 12.1. The normalized spacial score (nSPS) is 15.3. The van der Waals surface area contributed by atoms with E-state index in [1.165, 1.54) is 0 Å². The number of nitrogens with zero attached hydrogens (tertiary/aromatic N) is 3. The summed E-state index contributed by atoms with van der Waals surface area (Å²) < 4.78 is 11.7. The van der Waals surface area contributed by atoms with Gasteiger partial charge in [-0.2, -0.15) is 0 Å². The quantitative estimate of drug-likeness (QED) is 0.318. The van der Waals surface area contributed by atoms with Crippen molar-refractivity contribution >= 4 is 28.5 Å². The van der Waals surface area contributed by atoms with Gasteiger partial charge in [-0.1, -0.05) is 6.07 Å². The number of carbonyl (C=O) groups excluding carboxylic acids is 1. The lowest BCUT2D eigenvalue weighted by Gasteiger charge is -2.11. The summed E-state index contributed by atoms with van der Waals surface area (Å²) in [6.45, 7) is 1.35. The molecular weight excluding hydrogens is 470 g/mol. The van der Waals surface area contributed by atoms with Gasteiger partial charge in [-0.25, -0.2) is 0 Å². The number of rotatable bonds is 4. The number of pyridine rings is 2. The van der Waals surface area contributed by atoms with Gasteiger partial charge in [0.25, 0.3) is 0 Å². The number of nitrogens with one attached hydrogen (secondary N) is 3. The molecule has 0 radical (unpaired) electrons. The van der Waals surface area contributed by atoms with Gasteiger partial charge < -0.3 is 30.8 Å². The Morgan fingerprint density at radius 3 is 2.76 bits per heavy atom. The number of hydrogen-bond donors (Lipinski definition) is 4. The first-order valence-electron chi connectivity index (χ1n) is 12.3. The van der Waals surface area contributed by atoms with Gasteiger partial charge in [0.15, 0.2) is 0 Å². The smallest absolute Gasteiger partial charge is 0.224 e. The van der Waals surface area contributed by atoms with Crippen LogP contribution in [0.25, 0.3) is 22.0 Å². The fourth-order valence-corrected chi connectivity index (χ4v) is 4.33. The Morgan fingerprint density at radius 1 is 1.08 bits per heavy atom. The van der Waals surface area contributed by atoms with Gasteiger partial charge in [-0.05, 0) is 48.2 Å². The molecule has 188 valence electrons. The van der Waals surface area contributed by atoms with Crippen LogP contribution in [0.2, 0.25) is 0 Å². The molecule has 1 saturated carbocycles. The second kappa shape index (κ2) is 9.81. The van der Waals surface area contributed by atoms with E-state index in [0.717, 1.165) is 46.0 Å². The van der Waals surface area contributed by atoms with Crippen LogP contribution in [0.5, 0.6) is 11.5 Å². The number of benzene rings is 1. The predicted molar refractivity (Wildman–Crippen MR) is 141 cm³/mol. The Hall–Kier alpha value is -4.60. The third-order valence-corrected chi connectivity index (χ3v) is 6.40. The molecule has 10 nitrogen and oxygen atoms in total. The van der Waals surface area contributed by atoms with E-state index >= 15 is 0 Å². The molecule has 1 aromatic carbocycles. The molecule has 1 aliphatic carbocycles. The number of amidine groups is 1. The SMILES string of the molecule is NC1=NCc2cncc(c2)OCCOc2cnc3ccc(cc3c2)-c2c[nH]c(NCNC(=O)C3CC3)c21. The van der Waals surface area contributed by atoms with Gasteiger partial charge in [0, 0.05) is 29.3 Å². The highest BCUT2D eigenvalue weighted by molar-refractivity contribution is 6.08. The van der Waals surface area contributed by atoms with Crippen molar-refractivity contribution in [3.8, 4) is 22.6 Å². The zero-order valence-corrected chi connectivity index (χ0v) is 20.2. The molecule has 1 fully saturated rings. The molecule has 1 amide bonds. The summed E-state index contributed by atoms with van der Waals surface area (Å²) in [6.07, 6.45) is 8.90. The van der Waals surface area contributed by atoms with Crippen molar-refractivity contribution in [1.82, 2.24) is 20.3 Å². The van der Waals surface area contributed by atoms with Crippen molar-refractivity contribution < 1.29 is 14.3 Å². The fourth-order valence-electron chi connectivity index (χ4n) is 4.33. The number of anilines is 1. The van der Waals surface area contributed by atoms with Gasteiger partial charge in [0.1, 0.15) is 36.4 Å². The Morgan fingerprint density at radius 2 is 1.92 bits per heavy atom. The molecule has 1 aliphatic heterocycles. The molecule has 10 heteroatoms. The lowest BCUT2D eigenvalue weighted by atomic mass is 10.0. The standard InChI is InChI=1S/C27H27N7O3/c28-25-24-22(14-32-26(24)33-15-34-27(35)17-1-2-17)18-3-4-23-19(8-18)9-21(13-30-23)37-6-5-36-20-7-16(11-31-25)10-29-12-20/h3-4,7-10,12-14,17,32-33H,1-2,5-6,11,15H2,(H2,28,31)(H,34,35). The van der Waals surface area contributed by atoms with E-state index in [2.05, 4.69) is 36.6 Å². The summed E-state index contributed by atoms with van der Waals surface area (Å²) in [7, 11) is 0. The van der Waals surface area contributed by atoms with Crippen LogP contribution in [0.4, 0.5) is 5.82 Å². The number of aromatic amines is 1. The van der Waals surface area contributed by atoms with Gasteiger partial charge in [-0.3, -0.25) is 19.8 Å². The summed E-state index contributed by atoms with van der Waals surface area (Å²) in [6, 6.07) is 9.88. The molecule has 0 spiro atoms. The van der Waals surface area contributed by atoms with Crippen LogP contribution in [0.15, 0.2) is 60.1 Å². The van der Waals surface area contributed by atoms with Gasteiger partial charge in [0.2, 0.25) is 5.91 Å². The van der Waals surface area contributed by atoms with Crippen molar-refractivity contribution in [3.63, 3.8) is 0 Å². The summed E-state index contributed by atoms with van der Waals surface area (Å²) in [5.41, 5.74) is 10.9. The topological polar surface area (TPSA) is 140 Å². The molecule has 37 heavy (non-hydrogen) atoms. The second-order valence-corrected chi connectivity index (χ2v) is 9.13. The van der Waals surface area contributed by atoms with Crippen LogP contribution in [0.1, 0.15) is 24.0 Å². The molecule has 2 aliphatic rings. The molecule has 0 unspecified atom stereocenters. The predicted octanol–water partition coefficient (Wildman–Crippen LogP) is 3.20. The molecule has 5 bridgehead atoms. The number of carbonyl (C=O) groups is 1. The summed E-state index contributed by atoms with van der Waals surface area (Å²) in [5.74, 6) is 2.53. The summed E-state index contributed by atoms with van der Waals surface area (Å²) in [5, 5.41) is 7.13. The molecule has 4 aromatic rings. The number of aliphatic imine (C=N–C) groups is 1. The number of nitrogens with two attached hydrogens (primary N) is 1. The highest BCUT2D eigenvalue weighted by Gasteiger charge is 2.29. The highest BCUT2D eigenvalue weighted by Crippen LogP contribution is 2.32. The molecule has 6 rings (SSSR count). The van der Waals surface area contributed by atoms with Gasteiger partial charge >= 0.3 is 0 Å². The van der Waals surface area contributed by atoms with Crippen LogP contribution in [0.3, 0.4) is 0 Å². The van der Waals surface area contributed by atoms with Crippen LogP contribution < -0.4 is 25.8 Å². The third kappa shape index (κ3) is 5.04. The van der Waals surface area contributed by atoms with E-state index in [1.54, 1.807) is 18.6 Å². The summed E-state index contributed by atoms with van der Waals surface area (Å²) in [4.78, 5) is 28.8. The average Bonchev–Trinajstić information content (AvgIpc) is 3.69. The number of amides is 1. The Kier molecular flexibility index (Phi) is 6.05. The summed E-state index contributed by atoms with van der Waals surface area (Å²) >= 11 is 0. The second-order valence-electron chi connectivity index (χ2n) is 9.13. The Labute approximate surface area is 213 Å². The van der Waals surface area contributed by atoms with Crippen LogP contribution >= 0.6 is 0 Å². The molecule has 5 N–H and O–H groups in total. The lowest BCUT2D eigenvalue weighted by Crippen LogP contribution is -2.30. The van der Waals surface area contributed by atoms with Crippen LogP contribution in [0, 0.1) is 5.92 Å². The van der Waals surface area contributed by atoms with Crippen molar-refractivity contribution in [2.75, 3.05) is 25.2 Å². The highest BCUT2D eigenvalue weighted by atomic mass is 16.5. The zero-order valence-electron chi connectivity index (χ0n) is 20.2. The van der Waals surface area contributed by atoms with E-state index in [1.807, 2.05) is 30.5 Å². The van der Waals surface area contributed by atoms with E-state index in [4.69, 9.17) is 15.2 Å². The minimum Gasteiger partial charge on any atom is -0.488 e. The number of ether oxygens (including phenoxy) is 2. The molecule has 0 atom stereocenters. The number of hydrogen-bond acceptors (Lipinski definition) is 8. The Balaban J connectivity index is 1.39. The van der Waals surface area contributed by atoms with E-state index < -0.39 is 0 Å². The van der Waals surface area contributed by atoms with Crippen molar-refractivity contribution in [2.45, 2.75) is 19.4 Å². The van der Waals surface area contributed by atoms with Gasteiger partial charge in [-0.15, -0.1) is 0 Å². The van der Waals surface area contributed by atoms with E-state index in [9.17, 15) is 4.79 Å². The number of aromatic nitrogens is 3. The number of H-pyrrole nitrogens is 1. The third-order valence-electron chi connectivity index (χ3n) is 6.40. The maximum atomic E-state index is 12.1. The minimum atomic E-state index is 0.0643. The zero-order chi connectivity index (χ0) is 25.2. The molecule has 3 aromatic heterocycles. The van der Waals surface area contributed by atoms with Crippen molar-refractivity contribution in [1.29, 1.82) is 0 Å². The first-order valence-corrected chi connectivity index (χ1v) is 12.3. The Bertz CT molecular complexity index is 1490. The minimum absolute atomic E-state index is 0.0643. The van der Waals surface area contributed by atoms with Crippen LogP contribution in [-0.4, -0.2) is 46.6 Å². The monoisotopic (exact) mass is 497 g/mol. The van der Waals surface area contributed by atoms with Gasteiger partial charge in [0.05, 0.1) is 36.7 Å². The largest absolute Gasteiger partial charge is 0.488 e. The molecule has 0 saturated heterocycles. The lowest BCUT2D eigenvalue weighted by molar-refractivity contribution is -0.122. The maximum Gasteiger partial charge on any atom is 0.224 e. The fraction of sp³-hybridized carbons (Fsp3) is 0.259. The molecule has 4 heterocycles. The number of fused-ring (bicyclic) bond motifs is 6. The van der Waals surface area contributed by atoms with Crippen LogP contribution in [-0.2, 0) is 11.3 Å². The van der Waals surface area contributed by atoms with Crippen molar-refractivity contribution in [2.24, 2.45) is 16.6 Å². The molecular formula is C27H27N7O3. The van der Waals surface area contributed by atoms with E-state index in [-0.39, 0.29) is 18.5 Å². The van der Waals surface area contributed by atoms with Crippen molar-refractivity contribution in [3.05, 3.63) is 66.2 Å². The van der Waals surface area contributed by atoms with E-state index in [0.29, 0.717) is 42.9 Å².